The van der Waals surface area contributed by atoms with E-state index in [1.165, 1.54) is 18.7 Å². The van der Waals surface area contributed by atoms with E-state index in [4.69, 9.17) is 9.47 Å². The molecule has 0 bridgehead atoms. The molecule has 4 rings (SSSR count). The molecule has 0 radical (unpaired) electrons. The highest BCUT2D eigenvalue weighted by atomic mass is 32.2. The van der Waals surface area contributed by atoms with Crippen LogP contribution in [-0.4, -0.2) is 38.4 Å². The maximum absolute atomic E-state index is 12.6. The Labute approximate surface area is 189 Å². The Kier molecular flexibility index (Phi) is 6.31. The number of fused-ring (bicyclic) bond motifs is 1. The van der Waals surface area contributed by atoms with Gasteiger partial charge in [0.15, 0.2) is 28.6 Å². The van der Waals surface area contributed by atoms with Crippen LogP contribution >= 0.6 is 11.8 Å². The van der Waals surface area contributed by atoms with E-state index >= 15 is 0 Å². The summed E-state index contributed by atoms with van der Waals surface area (Å²) in [5, 5.41) is 14.2. The Morgan fingerprint density at radius 1 is 1.06 bits per heavy atom. The molecule has 0 fully saturated rings. The number of anilines is 2. The van der Waals surface area contributed by atoms with Gasteiger partial charge >= 0.3 is 0 Å². The van der Waals surface area contributed by atoms with Crippen molar-refractivity contribution in [1.29, 1.82) is 0 Å². The molecule has 2 aromatic carbocycles. The van der Waals surface area contributed by atoms with Crippen molar-refractivity contribution in [2.75, 3.05) is 17.2 Å². The molecule has 9 nitrogen and oxygen atoms in total. The minimum absolute atomic E-state index is 0.149. The summed E-state index contributed by atoms with van der Waals surface area (Å²) in [5.41, 5.74) is 1.31. The lowest BCUT2D eigenvalue weighted by atomic mass is 10.2. The number of hydrogen-bond donors (Lipinski definition) is 2. The molecule has 0 aliphatic carbocycles. The molecule has 0 saturated heterocycles. The quantitative estimate of drug-likeness (QED) is 0.551. The van der Waals surface area contributed by atoms with Gasteiger partial charge in [0, 0.05) is 25.3 Å². The van der Waals surface area contributed by atoms with Crippen LogP contribution in [0.15, 0.2) is 53.7 Å². The molecule has 2 atom stereocenters. The highest BCUT2D eigenvalue weighted by Gasteiger charge is 2.28. The number of ether oxygens (including phenoxy) is 2. The summed E-state index contributed by atoms with van der Waals surface area (Å²) in [6, 6.07) is 14.4. The number of benzene rings is 2. The lowest BCUT2D eigenvalue weighted by Gasteiger charge is -2.25. The number of rotatable bonds is 6. The van der Waals surface area contributed by atoms with Gasteiger partial charge in [0.2, 0.25) is 11.8 Å². The monoisotopic (exact) mass is 453 g/mol. The van der Waals surface area contributed by atoms with Gasteiger partial charge in [-0.15, -0.1) is 10.2 Å². The van der Waals surface area contributed by atoms with Gasteiger partial charge in [-0.05, 0) is 43.3 Å². The van der Waals surface area contributed by atoms with Gasteiger partial charge in [0.25, 0.3) is 0 Å². The van der Waals surface area contributed by atoms with Crippen LogP contribution in [0.2, 0.25) is 0 Å². The summed E-state index contributed by atoms with van der Waals surface area (Å²) in [6.45, 7) is 3.58. The molecule has 10 heteroatoms. The number of aromatic nitrogens is 3. The number of thioether (sulfide) groups is 1. The number of carbonyl (C=O) groups is 2. The summed E-state index contributed by atoms with van der Waals surface area (Å²) in [7, 11) is 1.84. The Hall–Kier alpha value is -3.53. The lowest BCUT2D eigenvalue weighted by molar-refractivity contribution is -0.115. The van der Waals surface area contributed by atoms with Crippen molar-refractivity contribution < 1.29 is 19.1 Å². The molecule has 32 heavy (non-hydrogen) atoms. The van der Waals surface area contributed by atoms with Crippen LogP contribution in [0.4, 0.5) is 11.4 Å². The standard InChI is InChI=1S/C22H23N5O4S/c1-13(21(29)24-16-10-8-15(9-11-16)23-14(2)28)32-22-26-25-20(27(22)3)19-12-30-17-6-4-5-7-18(17)31-19/h4-11,13,19H,12H2,1-3H3,(H,23,28)(H,24,29). The molecular formula is C22H23N5O4S. The maximum Gasteiger partial charge on any atom is 0.237 e. The van der Waals surface area contributed by atoms with Crippen molar-refractivity contribution >= 4 is 35.0 Å². The zero-order valence-corrected chi connectivity index (χ0v) is 18.7. The van der Waals surface area contributed by atoms with Crippen LogP contribution in [0.3, 0.4) is 0 Å². The van der Waals surface area contributed by atoms with Crippen LogP contribution in [0.5, 0.6) is 11.5 Å². The van der Waals surface area contributed by atoms with E-state index in [9.17, 15) is 9.59 Å². The number of carbonyl (C=O) groups excluding carboxylic acids is 2. The average molecular weight is 454 g/mol. The fraction of sp³-hybridized carbons (Fsp3) is 0.273. The number of nitrogens with one attached hydrogen (secondary N) is 2. The minimum Gasteiger partial charge on any atom is -0.485 e. The van der Waals surface area contributed by atoms with Gasteiger partial charge in [-0.25, -0.2) is 0 Å². The van der Waals surface area contributed by atoms with E-state index in [0.717, 1.165) is 0 Å². The van der Waals surface area contributed by atoms with Crippen LogP contribution in [-0.2, 0) is 16.6 Å². The molecule has 2 amide bonds. The Balaban J connectivity index is 1.37. The van der Waals surface area contributed by atoms with Gasteiger partial charge in [-0.1, -0.05) is 23.9 Å². The predicted molar refractivity (Wildman–Crippen MR) is 121 cm³/mol. The molecule has 166 valence electrons. The largest absolute Gasteiger partial charge is 0.485 e. The smallest absolute Gasteiger partial charge is 0.237 e. The molecule has 1 aliphatic heterocycles. The summed E-state index contributed by atoms with van der Waals surface area (Å²) in [4.78, 5) is 23.7. The van der Waals surface area contributed by atoms with Crippen molar-refractivity contribution in [2.24, 2.45) is 7.05 Å². The van der Waals surface area contributed by atoms with Gasteiger partial charge in [0.05, 0.1) is 5.25 Å². The van der Waals surface area contributed by atoms with Crippen LogP contribution in [0.25, 0.3) is 0 Å². The van der Waals surface area contributed by atoms with Gasteiger partial charge in [0.1, 0.15) is 6.61 Å². The maximum atomic E-state index is 12.6. The molecule has 2 heterocycles. The molecule has 3 aromatic rings. The highest BCUT2D eigenvalue weighted by Crippen LogP contribution is 2.36. The predicted octanol–water partition coefficient (Wildman–Crippen LogP) is 3.41. The first-order chi connectivity index (χ1) is 15.4. The molecule has 2 N–H and O–H groups in total. The second-order valence-corrected chi connectivity index (χ2v) is 8.58. The van der Waals surface area contributed by atoms with Crippen LogP contribution in [0, 0.1) is 0 Å². The number of nitrogens with zero attached hydrogens (tertiary/aromatic N) is 3. The molecule has 1 aromatic heterocycles. The highest BCUT2D eigenvalue weighted by molar-refractivity contribution is 8.00. The fourth-order valence-corrected chi connectivity index (χ4v) is 3.97. The summed E-state index contributed by atoms with van der Waals surface area (Å²) >= 11 is 1.30. The van der Waals surface area contributed by atoms with E-state index in [1.807, 2.05) is 35.9 Å². The zero-order valence-electron chi connectivity index (χ0n) is 17.9. The van der Waals surface area contributed by atoms with Gasteiger partial charge in [-0.3, -0.25) is 9.59 Å². The summed E-state index contributed by atoms with van der Waals surface area (Å²) in [5.74, 6) is 1.68. The van der Waals surface area contributed by atoms with E-state index in [0.29, 0.717) is 40.5 Å². The first kappa shape index (κ1) is 21.7. The third-order valence-electron chi connectivity index (χ3n) is 4.79. The normalized spacial score (nSPS) is 15.7. The fourth-order valence-electron chi connectivity index (χ4n) is 3.15. The molecule has 0 saturated carbocycles. The summed E-state index contributed by atoms with van der Waals surface area (Å²) < 4.78 is 13.6. The zero-order chi connectivity index (χ0) is 22.7. The van der Waals surface area contributed by atoms with Crippen molar-refractivity contribution in [3.63, 3.8) is 0 Å². The number of amides is 2. The first-order valence-electron chi connectivity index (χ1n) is 10.0. The SMILES string of the molecule is CC(=O)Nc1ccc(NC(=O)C(C)Sc2nnc(C3COc4ccccc4O3)n2C)cc1. The van der Waals surface area contributed by atoms with Crippen LogP contribution in [0.1, 0.15) is 25.8 Å². The van der Waals surface area contributed by atoms with Gasteiger partial charge in [-0.2, -0.15) is 0 Å². The van der Waals surface area contributed by atoms with Crippen molar-refractivity contribution in [3.05, 3.63) is 54.4 Å². The van der Waals surface area contributed by atoms with Crippen molar-refractivity contribution in [2.45, 2.75) is 30.4 Å². The van der Waals surface area contributed by atoms with E-state index in [-0.39, 0.29) is 17.9 Å². The molecule has 0 spiro atoms. The Morgan fingerprint density at radius 2 is 1.72 bits per heavy atom. The lowest BCUT2D eigenvalue weighted by Crippen LogP contribution is -2.25. The van der Waals surface area contributed by atoms with Gasteiger partial charge < -0.3 is 24.7 Å². The third-order valence-corrected chi connectivity index (χ3v) is 5.92. The average Bonchev–Trinajstić information content (AvgIpc) is 3.14. The second-order valence-electron chi connectivity index (χ2n) is 7.27. The molecular weight excluding hydrogens is 430 g/mol. The van der Waals surface area contributed by atoms with E-state index < -0.39 is 5.25 Å². The Morgan fingerprint density at radius 3 is 2.41 bits per heavy atom. The number of para-hydroxylation sites is 2. The molecule has 2 unspecified atom stereocenters. The first-order valence-corrected chi connectivity index (χ1v) is 10.9. The third kappa shape index (κ3) is 4.86. The van der Waals surface area contributed by atoms with E-state index in [2.05, 4.69) is 20.8 Å². The van der Waals surface area contributed by atoms with Crippen molar-refractivity contribution in [3.8, 4) is 11.5 Å². The summed E-state index contributed by atoms with van der Waals surface area (Å²) in [6.07, 6.45) is -0.386. The second kappa shape index (κ2) is 9.31. The molecule has 1 aliphatic rings. The van der Waals surface area contributed by atoms with E-state index in [1.54, 1.807) is 31.2 Å². The topological polar surface area (TPSA) is 107 Å². The Bertz CT molecular complexity index is 1130. The number of hydrogen-bond acceptors (Lipinski definition) is 7. The minimum atomic E-state index is -0.412. The van der Waals surface area contributed by atoms with Crippen molar-refractivity contribution in [1.82, 2.24) is 14.8 Å². The van der Waals surface area contributed by atoms with Crippen LogP contribution < -0.4 is 20.1 Å².